The van der Waals surface area contributed by atoms with Crippen molar-refractivity contribution in [1.29, 1.82) is 0 Å². The first-order valence-electron chi connectivity index (χ1n) is 8.10. The van der Waals surface area contributed by atoms with Gasteiger partial charge in [0.2, 0.25) is 0 Å². The fourth-order valence-corrected chi connectivity index (χ4v) is 2.07. The molecule has 0 fully saturated rings. The van der Waals surface area contributed by atoms with E-state index in [0.717, 1.165) is 17.8 Å². The Labute approximate surface area is 143 Å². The molecule has 1 amide bonds. The molecule has 1 aromatic carbocycles. The van der Waals surface area contributed by atoms with Crippen LogP contribution in [0.4, 0.5) is 17.2 Å². The van der Waals surface area contributed by atoms with Crippen molar-refractivity contribution in [1.82, 2.24) is 15.3 Å². The summed E-state index contributed by atoms with van der Waals surface area (Å²) in [5.41, 5.74) is 2.37. The number of amides is 1. The molecule has 0 saturated carbocycles. The first-order chi connectivity index (χ1) is 11.5. The molecule has 0 spiro atoms. The topological polar surface area (TPSA) is 70.2 Å². The second kappa shape index (κ2) is 8.29. The van der Waals surface area contributed by atoms with Crippen molar-refractivity contribution in [2.75, 3.05) is 30.9 Å². The van der Waals surface area contributed by atoms with Gasteiger partial charge in [-0.25, -0.2) is 9.97 Å². The van der Waals surface area contributed by atoms with Crippen LogP contribution in [0.2, 0.25) is 0 Å². The highest BCUT2D eigenvalue weighted by Gasteiger charge is 2.08. The van der Waals surface area contributed by atoms with Crippen LogP contribution in [-0.4, -0.2) is 36.5 Å². The number of anilines is 3. The molecule has 6 heteroatoms. The van der Waals surface area contributed by atoms with E-state index in [4.69, 9.17) is 0 Å². The van der Waals surface area contributed by atoms with Crippen molar-refractivity contribution in [2.24, 2.45) is 5.92 Å². The smallest absolute Gasteiger partial charge is 0.271 e. The van der Waals surface area contributed by atoms with Gasteiger partial charge in [-0.05, 0) is 36.6 Å². The standard InChI is InChI=1S/C18H25N5O/c1-13(2)9-10-19-18(24)16-11-21-17(12-20-16)22-14-5-7-15(8-6-14)23(3)4/h5-8,11-13H,9-10H2,1-4H3,(H,19,24)(H,21,22). The zero-order valence-electron chi connectivity index (χ0n) is 14.7. The van der Waals surface area contributed by atoms with Crippen molar-refractivity contribution in [3.05, 3.63) is 42.4 Å². The molecule has 128 valence electrons. The summed E-state index contributed by atoms with van der Waals surface area (Å²) in [7, 11) is 4.00. The lowest BCUT2D eigenvalue weighted by Gasteiger charge is -2.13. The molecule has 0 aliphatic heterocycles. The molecular weight excluding hydrogens is 302 g/mol. The van der Waals surface area contributed by atoms with Crippen molar-refractivity contribution in [3.8, 4) is 0 Å². The van der Waals surface area contributed by atoms with Gasteiger partial charge in [-0.3, -0.25) is 4.79 Å². The summed E-state index contributed by atoms with van der Waals surface area (Å²) in [5.74, 6) is 0.971. The van der Waals surface area contributed by atoms with Crippen LogP contribution < -0.4 is 15.5 Å². The van der Waals surface area contributed by atoms with E-state index in [2.05, 4.69) is 34.4 Å². The van der Waals surface area contributed by atoms with Crippen LogP contribution in [0.15, 0.2) is 36.7 Å². The van der Waals surface area contributed by atoms with Gasteiger partial charge in [-0.2, -0.15) is 0 Å². The van der Waals surface area contributed by atoms with Gasteiger partial charge in [-0.15, -0.1) is 0 Å². The number of hydrogen-bond acceptors (Lipinski definition) is 5. The van der Waals surface area contributed by atoms with Gasteiger partial charge in [0.05, 0.1) is 12.4 Å². The van der Waals surface area contributed by atoms with Crippen LogP contribution in [-0.2, 0) is 0 Å². The van der Waals surface area contributed by atoms with Crippen molar-refractivity contribution < 1.29 is 4.79 Å². The number of aromatic nitrogens is 2. The predicted octanol–water partition coefficient (Wildman–Crippen LogP) is 3.06. The molecule has 24 heavy (non-hydrogen) atoms. The Morgan fingerprint density at radius 2 is 1.83 bits per heavy atom. The SMILES string of the molecule is CC(C)CCNC(=O)c1cnc(Nc2ccc(N(C)C)cc2)cn1. The predicted molar refractivity (Wildman–Crippen MR) is 97.9 cm³/mol. The maximum Gasteiger partial charge on any atom is 0.271 e. The van der Waals surface area contributed by atoms with Gasteiger partial charge in [0, 0.05) is 32.0 Å². The van der Waals surface area contributed by atoms with Gasteiger partial charge in [0.1, 0.15) is 11.5 Å². The molecule has 0 bridgehead atoms. The zero-order valence-corrected chi connectivity index (χ0v) is 14.7. The van der Waals surface area contributed by atoms with Crippen molar-refractivity contribution in [2.45, 2.75) is 20.3 Å². The number of hydrogen-bond donors (Lipinski definition) is 2. The molecule has 2 rings (SSSR count). The first-order valence-corrected chi connectivity index (χ1v) is 8.10. The fraction of sp³-hybridized carbons (Fsp3) is 0.389. The number of carbonyl (C=O) groups is 1. The summed E-state index contributed by atoms with van der Waals surface area (Å²) in [6.45, 7) is 4.89. The highest BCUT2D eigenvalue weighted by Crippen LogP contribution is 2.18. The quantitative estimate of drug-likeness (QED) is 0.818. The largest absolute Gasteiger partial charge is 0.378 e. The fourth-order valence-electron chi connectivity index (χ4n) is 2.07. The Morgan fingerprint density at radius 1 is 1.12 bits per heavy atom. The molecule has 0 unspecified atom stereocenters. The Hall–Kier alpha value is -2.63. The van der Waals surface area contributed by atoms with Crippen molar-refractivity contribution in [3.63, 3.8) is 0 Å². The van der Waals surface area contributed by atoms with E-state index in [0.29, 0.717) is 24.0 Å². The Kier molecular flexibility index (Phi) is 6.12. The molecule has 2 N–H and O–H groups in total. The van der Waals surface area contributed by atoms with Crippen LogP contribution in [0.1, 0.15) is 30.8 Å². The Balaban J connectivity index is 1.92. The second-order valence-corrected chi connectivity index (χ2v) is 6.29. The lowest BCUT2D eigenvalue weighted by molar-refractivity contribution is 0.0946. The summed E-state index contributed by atoms with van der Waals surface area (Å²) in [5, 5.41) is 6.02. The van der Waals surface area contributed by atoms with E-state index in [1.807, 2.05) is 43.3 Å². The maximum absolute atomic E-state index is 12.0. The highest BCUT2D eigenvalue weighted by molar-refractivity contribution is 5.92. The summed E-state index contributed by atoms with van der Waals surface area (Å²) in [6.07, 6.45) is 4.00. The molecular formula is C18H25N5O. The minimum absolute atomic E-state index is 0.190. The number of nitrogens with zero attached hydrogens (tertiary/aromatic N) is 3. The summed E-state index contributed by atoms with van der Waals surface area (Å²) < 4.78 is 0. The molecule has 0 atom stereocenters. The highest BCUT2D eigenvalue weighted by atomic mass is 16.1. The van der Waals surface area contributed by atoms with E-state index in [-0.39, 0.29) is 5.91 Å². The third-order valence-electron chi connectivity index (χ3n) is 3.55. The van der Waals surface area contributed by atoms with E-state index in [1.54, 1.807) is 6.20 Å². The lowest BCUT2D eigenvalue weighted by Crippen LogP contribution is -2.26. The molecule has 6 nitrogen and oxygen atoms in total. The normalized spacial score (nSPS) is 10.5. The molecule has 0 aliphatic carbocycles. The summed E-state index contributed by atoms with van der Waals surface area (Å²) in [6, 6.07) is 7.99. The second-order valence-electron chi connectivity index (χ2n) is 6.29. The molecule has 0 radical (unpaired) electrons. The van der Waals surface area contributed by atoms with E-state index in [1.165, 1.54) is 6.20 Å². The van der Waals surface area contributed by atoms with Gasteiger partial charge in [-0.1, -0.05) is 13.8 Å². The average Bonchev–Trinajstić information content (AvgIpc) is 2.55. The number of benzene rings is 1. The summed E-state index contributed by atoms with van der Waals surface area (Å²) >= 11 is 0. The lowest BCUT2D eigenvalue weighted by atomic mass is 10.1. The van der Waals surface area contributed by atoms with Crippen LogP contribution >= 0.6 is 0 Å². The van der Waals surface area contributed by atoms with E-state index < -0.39 is 0 Å². The Morgan fingerprint density at radius 3 is 2.38 bits per heavy atom. The molecule has 2 aromatic rings. The van der Waals surface area contributed by atoms with Crippen LogP contribution in [0, 0.1) is 5.92 Å². The van der Waals surface area contributed by atoms with E-state index >= 15 is 0 Å². The minimum atomic E-state index is -0.190. The molecule has 1 heterocycles. The average molecular weight is 327 g/mol. The number of nitrogens with one attached hydrogen (secondary N) is 2. The van der Waals surface area contributed by atoms with Gasteiger partial charge >= 0.3 is 0 Å². The Bertz CT molecular complexity index is 650. The summed E-state index contributed by atoms with van der Waals surface area (Å²) in [4.78, 5) is 22.4. The van der Waals surface area contributed by atoms with Gasteiger partial charge < -0.3 is 15.5 Å². The van der Waals surface area contributed by atoms with Gasteiger partial charge in [0.15, 0.2) is 0 Å². The molecule has 1 aromatic heterocycles. The molecule has 0 aliphatic rings. The third kappa shape index (κ3) is 5.22. The third-order valence-corrected chi connectivity index (χ3v) is 3.55. The van der Waals surface area contributed by atoms with E-state index in [9.17, 15) is 4.79 Å². The van der Waals surface area contributed by atoms with Crippen LogP contribution in [0.25, 0.3) is 0 Å². The number of carbonyl (C=O) groups excluding carboxylic acids is 1. The van der Waals surface area contributed by atoms with Crippen molar-refractivity contribution >= 4 is 23.1 Å². The number of rotatable bonds is 7. The zero-order chi connectivity index (χ0) is 17.5. The minimum Gasteiger partial charge on any atom is -0.378 e. The molecule has 0 saturated heterocycles. The first kappa shape index (κ1) is 17.7. The van der Waals surface area contributed by atoms with Crippen LogP contribution in [0.5, 0.6) is 0 Å². The van der Waals surface area contributed by atoms with Gasteiger partial charge in [0.25, 0.3) is 5.91 Å². The maximum atomic E-state index is 12.0. The van der Waals surface area contributed by atoms with Crippen LogP contribution in [0.3, 0.4) is 0 Å². The monoisotopic (exact) mass is 327 g/mol.